The number of benzene rings is 1. The van der Waals surface area contributed by atoms with Gasteiger partial charge in [0, 0.05) is 0 Å². The van der Waals surface area contributed by atoms with Crippen molar-refractivity contribution in [3.8, 4) is 5.75 Å². The highest BCUT2D eigenvalue weighted by molar-refractivity contribution is 5.79. The van der Waals surface area contributed by atoms with Gasteiger partial charge in [0.25, 0.3) is 0 Å². The molecular formula is C12H16N3O3+. The molecular weight excluding hydrogens is 234 g/mol. The second kappa shape index (κ2) is 5.93. The van der Waals surface area contributed by atoms with Crippen LogP contribution in [-0.4, -0.2) is 18.2 Å². The van der Waals surface area contributed by atoms with E-state index in [9.17, 15) is 4.79 Å². The Bertz CT molecular complexity index is 462. The fraction of sp³-hybridized carbons (Fsp3) is 0.417. The second-order valence-corrected chi connectivity index (χ2v) is 4.03. The van der Waals surface area contributed by atoms with Crippen molar-refractivity contribution in [3.05, 3.63) is 24.3 Å². The summed E-state index contributed by atoms with van der Waals surface area (Å²) in [4.78, 5) is 14.6. The quantitative estimate of drug-likeness (QED) is 0.495. The lowest BCUT2D eigenvalue weighted by molar-refractivity contribution is -0.158. The molecule has 0 aliphatic rings. The van der Waals surface area contributed by atoms with Gasteiger partial charge in [0.05, 0.1) is 6.61 Å². The molecule has 0 aliphatic heterocycles. The maximum Gasteiger partial charge on any atom is 0.349 e. The van der Waals surface area contributed by atoms with Gasteiger partial charge >= 0.3 is 5.97 Å². The summed E-state index contributed by atoms with van der Waals surface area (Å²) in [6.07, 6.45) is 0. The Hall–Kier alpha value is -2.20. The van der Waals surface area contributed by atoms with Crippen molar-refractivity contribution in [2.24, 2.45) is 5.11 Å². The number of carbonyl (C=O) groups is 1. The van der Waals surface area contributed by atoms with Crippen LogP contribution in [0.4, 0.5) is 5.69 Å². The Morgan fingerprint density at radius 2 is 2.00 bits per heavy atom. The smallest absolute Gasteiger partial charge is 0.349 e. The van der Waals surface area contributed by atoms with Gasteiger partial charge in [-0.1, -0.05) is 0 Å². The standard InChI is InChI=1S/C12H16N3O3/c1-4-17-11(16)12(2,3)18-10-7-5-9(6-8-10)14-15-13/h5-8,13H,4H2,1-3H3/q+1. The Morgan fingerprint density at radius 3 is 2.50 bits per heavy atom. The molecule has 96 valence electrons. The molecule has 0 aromatic heterocycles. The SMILES string of the molecule is CCOC(=O)C(C)(C)Oc1ccc(N=[N+]=N)cc1. The highest BCUT2D eigenvalue weighted by Gasteiger charge is 2.31. The Morgan fingerprint density at radius 1 is 1.39 bits per heavy atom. The van der Waals surface area contributed by atoms with Gasteiger partial charge in [0.2, 0.25) is 4.91 Å². The summed E-state index contributed by atoms with van der Waals surface area (Å²) in [7, 11) is 0. The largest absolute Gasteiger partial charge is 0.476 e. The molecule has 1 aromatic rings. The molecule has 1 rings (SSSR count). The lowest BCUT2D eigenvalue weighted by atomic mass is 10.1. The lowest BCUT2D eigenvalue weighted by Crippen LogP contribution is -2.39. The maximum atomic E-state index is 11.6. The summed E-state index contributed by atoms with van der Waals surface area (Å²) >= 11 is 0. The van der Waals surface area contributed by atoms with E-state index in [0.29, 0.717) is 18.0 Å². The number of rotatable bonds is 5. The number of esters is 1. The van der Waals surface area contributed by atoms with E-state index in [2.05, 4.69) is 10.0 Å². The van der Waals surface area contributed by atoms with Crippen LogP contribution in [0.25, 0.3) is 0 Å². The molecule has 6 heteroatoms. The van der Waals surface area contributed by atoms with E-state index in [1.165, 1.54) is 0 Å². The van der Waals surface area contributed by atoms with Gasteiger partial charge < -0.3 is 9.47 Å². The minimum atomic E-state index is -1.05. The molecule has 18 heavy (non-hydrogen) atoms. The predicted octanol–water partition coefficient (Wildman–Crippen LogP) is 2.59. The molecule has 0 saturated heterocycles. The molecule has 0 unspecified atom stereocenters. The van der Waals surface area contributed by atoms with E-state index in [1.807, 2.05) is 0 Å². The van der Waals surface area contributed by atoms with Crippen molar-refractivity contribution in [3.63, 3.8) is 0 Å². The highest BCUT2D eigenvalue weighted by atomic mass is 16.6. The van der Waals surface area contributed by atoms with E-state index in [1.54, 1.807) is 45.0 Å². The van der Waals surface area contributed by atoms with Crippen molar-refractivity contribution in [2.45, 2.75) is 26.4 Å². The minimum absolute atomic E-state index is 0.314. The van der Waals surface area contributed by atoms with Gasteiger partial charge in [-0.05, 0) is 45.0 Å². The van der Waals surface area contributed by atoms with Crippen LogP contribution in [0, 0.1) is 5.53 Å². The first-order valence-electron chi connectivity index (χ1n) is 5.53. The van der Waals surface area contributed by atoms with Crippen molar-refractivity contribution < 1.29 is 14.3 Å². The van der Waals surface area contributed by atoms with Crippen LogP contribution in [0.1, 0.15) is 20.8 Å². The molecule has 0 saturated carbocycles. The molecule has 0 bridgehead atoms. The molecule has 0 spiro atoms. The first-order chi connectivity index (χ1) is 8.49. The van der Waals surface area contributed by atoms with Crippen LogP contribution < -0.4 is 9.65 Å². The topological polar surface area (TPSA) is 85.8 Å². The number of hydrogen-bond acceptors (Lipinski definition) is 5. The van der Waals surface area contributed by atoms with Crippen molar-refractivity contribution in [1.29, 1.82) is 5.53 Å². The number of nitrogens with one attached hydrogen (secondary N) is 1. The van der Waals surface area contributed by atoms with Crippen LogP contribution >= 0.6 is 0 Å². The molecule has 0 atom stereocenters. The first kappa shape index (κ1) is 13.9. The van der Waals surface area contributed by atoms with Crippen LogP contribution in [0.15, 0.2) is 29.4 Å². The van der Waals surface area contributed by atoms with Crippen molar-refractivity contribution in [1.82, 2.24) is 4.91 Å². The Balaban J connectivity index is 2.77. The monoisotopic (exact) mass is 250 g/mol. The predicted molar refractivity (Wildman–Crippen MR) is 64.7 cm³/mol. The zero-order chi connectivity index (χ0) is 13.6. The fourth-order valence-corrected chi connectivity index (χ4v) is 1.28. The van der Waals surface area contributed by atoms with E-state index in [0.717, 1.165) is 0 Å². The molecule has 0 heterocycles. The van der Waals surface area contributed by atoms with Crippen molar-refractivity contribution >= 4 is 11.7 Å². The molecule has 0 radical (unpaired) electrons. The normalized spacial score (nSPS) is 10.4. The number of ether oxygens (including phenoxy) is 2. The van der Waals surface area contributed by atoms with E-state index in [4.69, 9.17) is 15.0 Å². The summed E-state index contributed by atoms with van der Waals surface area (Å²) in [5, 5.41) is 3.55. The third-order valence-corrected chi connectivity index (χ3v) is 2.14. The number of carbonyl (C=O) groups excluding carboxylic acids is 1. The number of hydrogen-bond donors (Lipinski definition) is 1. The Labute approximate surface area is 105 Å². The first-order valence-corrected chi connectivity index (χ1v) is 5.53. The third kappa shape index (κ3) is 3.68. The van der Waals surface area contributed by atoms with E-state index >= 15 is 0 Å². The summed E-state index contributed by atoms with van der Waals surface area (Å²) in [5.74, 6) is 0.108. The highest BCUT2D eigenvalue weighted by Crippen LogP contribution is 2.22. The molecule has 0 aliphatic carbocycles. The second-order valence-electron chi connectivity index (χ2n) is 4.03. The van der Waals surface area contributed by atoms with E-state index < -0.39 is 11.6 Å². The zero-order valence-corrected chi connectivity index (χ0v) is 10.6. The average molecular weight is 250 g/mol. The molecule has 6 nitrogen and oxygen atoms in total. The fourth-order valence-electron chi connectivity index (χ4n) is 1.28. The summed E-state index contributed by atoms with van der Waals surface area (Å²) in [6.45, 7) is 5.34. The summed E-state index contributed by atoms with van der Waals surface area (Å²) in [6, 6.07) is 6.61. The van der Waals surface area contributed by atoms with Crippen LogP contribution in [0.3, 0.4) is 0 Å². The minimum Gasteiger partial charge on any atom is -0.476 e. The van der Waals surface area contributed by atoms with Crippen molar-refractivity contribution in [2.75, 3.05) is 6.61 Å². The van der Waals surface area contributed by atoms with Gasteiger partial charge in [0.15, 0.2) is 16.4 Å². The summed E-state index contributed by atoms with van der Waals surface area (Å²) < 4.78 is 10.5. The maximum absolute atomic E-state index is 11.6. The Kier molecular flexibility index (Phi) is 4.57. The third-order valence-electron chi connectivity index (χ3n) is 2.14. The summed E-state index contributed by atoms with van der Waals surface area (Å²) in [5.41, 5.74) is 6.11. The van der Waals surface area contributed by atoms with Crippen LogP contribution in [-0.2, 0) is 9.53 Å². The molecule has 0 fully saturated rings. The van der Waals surface area contributed by atoms with Gasteiger partial charge in [-0.25, -0.2) is 4.79 Å². The van der Waals surface area contributed by atoms with E-state index in [-0.39, 0.29) is 0 Å². The van der Waals surface area contributed by atoms with Crippen LogP contribution in [0.2, 0.25) is 0 Å². The lowest BCUT2D eigenvalue weighted by Gasteiger charge is -2.23. The molecule has 1 N–H and O–H groups in total. The van der Waals surface area contributed by atoms with Gasteiger partial charge in [-0.15, -0.1) is 0 Å². The molecule has 1 aromatic carbocycles. The van der Waals surface area contributed by atoms with Gasteiger partial charge in [0.1, 0.15) is 11.3 Å². The number of nitrogens with zero attached hydrogens (tertiary/aromatic N) is 2. The van der Waals surface area contributed by atoms with Crippen LogP contribution in [0.5, 0.6) is 5.75 Å². The van der Waals surface area contributed by atoms with Gasteiger partial charge in [-0.2, -0.15) is 0 Å². The zero-order valence-electron chi connectivity index (χ0n) is 10.6. The molecule has 0 amide bonds. The average Bonchev–Trinajstić information content (AvgIpc) is 2.32. The van der Waals surface area contributed by atoms with Gasteiger partial charge in [-0.3, -0.25) is 0 Å².